The van der Waals surface area contributed by atoms with Crippen molar-refractivity contribution in [2.45, 2.75) is 38.6 Å². The number of nitrogens with two attached hydrogens (primary N) is 1. The zero-order chi connectivity index (χ0) is 13.5. The van der Waals surface area contributed by atoms with Crippen molar-refractivity contribution in [2.75, 3.05) is 26.2 Å². The van der Waals surface area contributed by atoms with Gasteiger partial charge >= 0.3 is 0 Å². The van der Waals surface area contributed by atoms with Gasteiger partial charge in [0.25, 0.3) is 0 Å². The Morgan fingerprint density at radius 2 is 2.05 bits per heavy atom. The van der Waals surface area contributed by atoms with E-state index in [-0.39, 0.29) is 0 Å². The second-order valence-electron chi connectivity index (χ2n) is 5.41. The van der Waals surface area contributed by atoms with Crippen molar-refractivity contribution in [1.82, 2.24) is 4.90 Å². The number of hydrogen-bond acceptors (Lipinski definition) is 3. The Kier molecular flexibility index (Phi) is 5.67. The predicted molar refractivity (Wildman–Crippen MR) is 79.6 cm³/mol. The minimum Gasteiger partial charge on any atom is -0.492 e. The fourth-order valence-corrected chi connectivity index (χ4v) is 2.69. The summed E-state index contributed by atoms with van der Waals surface area (Å²) in [4.78, 5) is 2.53. The van der Waals surface area contributed by atoms with Crippen molar-refractivity contribution in [3.8, 4) is 5.75 Å². The fourth-order valence-electron chi connectivity index (χ4n) is 2.69. The first-order valence-electron chi connectivity index (χ1n) is 7.45. The first-order chi connectivity index (χ1) is 9.29. The van der Waals surface area contributed by atoms with Gasteiger partial charge in [0.1, 0.15) is 12.4 Å². The van der Waals surface area contributed by atoms with E-state index in [1.54, 1.807) is 0 Å². The lowest BCUT2D eigenvalue weighted by Crippen LogP contribution is -2.39. The monoisotopic (exact) mass is 262 g/mol. The quantitative estimate of drug-likeness (QED) is 0.856. The van der Waals surface area contributed by atoms with Gasteiger partial charge in [-0.1, -0.05) is 18.6 Å². The molecule has 2 N–H and O–H groups in total. The molecule has 3 nitrogen and oxygen atoms in total. The van der Waals surface area contributed by atoms with Gasteiger partial charge in [-0.15, -0.1) is 0 Å². The summed E-state index contributed by atoms with van der Waals surface area (Å²) in [7, 11) is 0. The van der Waals surface area contributed by atoms with Crippen LogP contribution in [0.2, 0.25) is 0 Å². The van der Waals surface area contributed by atoms with Crippen LogP contribution in [-0.2, 0) is 6.42 Å². The molecule has 0 radical (unpaired) electrons. The van der Waals surface area contributed by atoms with E-state index in [1.807, 2.05) is 12.1 Å². The van der Waals surface area contributed by atoms with Crippen LogP contribution in [0, 0.1) is 0 Å². The molecule has 3 heteroatoms. The van der Waals surface area contributed by atoms with Gasteiger partial charge < -0.3 is 10.5 Å². The largest absolute Gasteiger partial charge is 0.492 e. The molecule has 106 valence electrons. The van der Waals surface area contributed by atoms with Gasteiger partial charge in [-0.25, -0.2) is 0 Å². The minimum absolute atomic E-state index is 0.701. The maximum atomic E-state index is 5.82. The number of piperidine rings is 1. The number of hydrogen-bond donors (Lipinski definition) is 1. The van der Waals surface area contributed by atoms with Crippen LogP contribution in [0.4, 0.5) is 0 Å². The lowest BCUT2D eigenvalue weighted by Gasteiger charge is -2.33. The summed E-state index contributed by atoms with van der Waals surface area (Å²) in [5.74, 6) is 0.963. The normalized spacial score (nSPS) is 20.4. The molecule has 1 aromatic carbocycles. The van der Waals surface area contributed by atoms with Crippen molar-refractivity contribution >= 4 is 0 Å². The Balaban J connectivity index is 1.72. The smallest absolute Gasteiger partial charge is 0.119 e. The third-order valence-electron chi connectivity index (χ3n) is 3.94. The van der Waals surface area contributed by atoms with Crippen LogP contribution in [0.1, 0.15) is 31.7 Å². The number of nitrogens with zero attached hydrogens (tertiary/aromatic N) is 1. The molecule has 2 rings (SSSR count). The van der Waals surface area contributed by atoms with Gasteiger partial charge in [-0.05, 0) is 57.0 Å². The zero-order valence-electron chi connectivity index (χ0n) is 12.0. The van der Waals surface area contributed by atoms with E-state index in [0.29, 0.717) is 12.6 Å². The molecule has 0 aromatic heterocycles. The Hall–Kier alpha value is -1.06. The molecule has 0 aliphatic carbocycles. The van der Waals surface area contributed by atoms with E-state index in [0.717, 1.165) is 25.3 Å². The average Bonchev–Trinajstić information content (AvgIpc) is 2.43. The second kappa shape index (κ2) is 7.51. The number of benzene rings is 1. The molecule has 0 bridgehead atoms. The molecule has 0 saturated carbocycles. The predicted octanol–water partition coefficient (Wildman–Crippen LogP) is 2.44. The molecule has 1 heterocycles. The molecular formula is C16H26N2O. The maximum Gasteiger partial charge on any atom is 0.119 e. The van der Waals surface area contributed by atoms with Crippen LogP contribution in [0.25, 0.3) is 0 Å². The van der Waals surface area contributed by atoms with Gasteiger partial charge in [0, 0.05) is 12.6 Å². The van der Waals surface area contributed by atoms with Crippen LogP contribution in [0.3, 0.4) is 0 Å². The van der Waals surface area contributed by atoms with Gasteiger partial charge in [-0.3, -0.25) is 4.90 Å². The first-order valence-corrected chi connectivity index (χ1v) is 7.45. The van der Waals surface area contributed by atoms with Crippen molar-refractivity contribution in [2.24, 2.45) is 5.73 Å². The van der Waals surface area contributed by atoms with Gasteiger partial charge in [0.05, 0.1) is 0 Å². The number of likely N-dealkylation sites (tertiary alicyclic amines) is 1. The Bertz CT molecular complexity index is 364. The molecule has 1 aromatic rings. The zero-order valence-corrected chi connectivity index (χ0v) is 12.0. The summed E-state index contributed by atoms with van der Waals surface area (Å²) in [6.07, 6.45) is 4.97. The van der Waals surface area contributed by atoms with E-state index in [2.05, 4.69) is 24.0 Å². The van der Waals surface area contributed by atoms with E-state index in [4.69, 9.17) is 10.5 Å². The van der Waals surface area contributed by atoms with Crippen LogP contribution >= 0.6 is 0 Å². The summed E-state index contributed by atoms with van der Waals surface area (Å²) in [6.45, 7) is 6.06. The van der Waals surface area contributed by atoms with Crippen LogP contribution in [0.15, 0.2) is 24.3 Å². The van der Waals surface area contributed by atoms with E-state index >= 15 is 0 Å². The van der Waals surface area contributed by atoms with Crippen molar-refractivity contribution < 1.29 is 4.74 Å². The molecule has 0 amide bonds. The third kappa shape index (κ3) is 4.51. The first kappa shape index (κ1) is 14.4. The van der Waals surface area contributed by atoms with E-state index in [9.17, 15) is 0 Å². The minimum atomic E-state index is 0.701. The second-order valence-corrected chi connectivity index (χ2v) is 5.41. The molecule has 1 saturated heterocycles. The topological polar surface area (TPSA) is 38.5 Å². The summed E-state index contributed by atoms with van der Waals surface area (Å²) >= 11 is 0. The molecule has 1 fully saturated rings. The standard InChI is InChI=1S/C16H26N2O/c1-14-4-2-3-11-18(14)12-13-19-16-7-5-15(6-8-16)9-10-17/h5-8,14H,2-4,9-13,17H2,1H3. The fraction of sp³-hybridized carbons (Fsp3) is 0.625. The molecule has 0 spiro atoms. The highest BCUT2D eigenvalue weighted by Gasteiger charge is 2.17. The Morgan fingerprint density at radius 1 is 1.26 bits per heavy atom. The van der Waals surface area contributed by atoms with Crippen molar-refractivity contribution in [1.29, 1.82) is 0 Å². The average molecular weight is 262 g/mol. The Morgan fingerprint density at radius 3 is 2.74 bits per heavy atom. The highest BCUT2D eigenvalue weighted by Crippen LogP contribution is 2.16. The summed E-state index contributed by atoms with van der Waals surface area (Å²) in [6, 6.07) is 9.01. The highest BCUT2D eigenvalue weighted by molar-refractivity contribution is 5.27. The van der Waals surface area contributed by atoms with Crippen LogP contribution < -0.4 is 10.5 Å². The van der Waals surface area contributed by atoms with Gasteiger partial charge in [0.2, 0.25) is 0 Å². The Labute approximate surface area is 116 Å². The van der Waals surface area contributed by atoms with E-state index in [1.165, 1.54) is 31.4 Å². The molecule has 1 unspecified atom stereocenters. The van der Waals surface area contributed by atoms with Crippen molar-refractivity contribution in [3.05, 3.63) is 29.8 Å². The van der Waals surface area contributed by atoms with Crippen molar-refractivity contribution in [3.63, 3.8) is 0 Å². The van der Waals surface area contributed by atoms with Crippen LogP contribution in [-0.4, -0.2) is 37.2 Å². The summed E-state index contributed by atoms with van der Waals surface area (Å²) in [5, 5.41) is 0. The maximum absolute atomic E-state index is 5.82. The number of ether oxygens (including phenoxy) is 1. The molecular weight excluding hydrogens is 236 g/mol. The molecule has 1 atom stereocenters. The lowest BCUT2D eigenvalue weighted by molar-refractivity contribution is 0.133. The molecule has 1 aliphatic heterocycles. The SMILES string of the molecule is CC1CCCCN1CCOc1ccc(CCN)cc1. The lowest BCUT2D eigenvalue weighted by atomic mass is 10.0. The van der Waals surface area contributed by atoms with Gasteiger partial charge in [0.15, 0.2) is 0 Å². The molecule has 19 heavy (non-hydrogen) atoms. The number of rotatable bonds is 6. The van der Waals surface area contributed by atoms with Crippen LogP contribution in [0.5, 0.6) is 5.75 Å². The van der Waals surface area contributed by atoms with E-state index < -0.39 is 0 Å². The third-order valence-corrected chi connectivity index (χ3v) is 3.94. The highest BCUT2D eigenvalue weighted by atomic mass is 16.5. The van der Waals surface area contributed by atoms with Gasteiger partial charge in [-0.2, -0.15) is 0 Å². The summed E-state index contributed by atoms with van der Waals surface area (Å²) in [5.41, 5.74) is 6.81. The summed E-state index contributed by atoms with van der Waals surface area (Å²) < 4.78 is 5.82. The molecule has 1 aliphatic rings.